The molecule has 0 bridgehead atoms. The molecule has 4 heterocycles. The molecule has 0 spiro atoms. The van der Waals surface area contributed by atoms with E-state index in [2.05, 4.69) is 30.2 Å². The summed E-state index contributed by atoms with van der Waals surface area (Å²) in [5.41, 5.74) is 3.27. The van der Waals surface area contributed by atoms with E-state index < -0.39 is 6.04 Å². The van der Waals surface area contributed by atoms with Crippen LogP contribution >= 0.6 is 11.6 Å². The molecule has 1 atom stereocenters. The van der Waals surface area contributed by atoms with Crippen molar-refractivity contribution >= 4 is 39.2 Å². The Balaban J connectivity index is 1.34. The third-order valence-corrected chi connectivity index (χ3v) is 8.06. The van der Waals surface area contributed by atoms with Gasteiger partial charge in [0.05, 0.1) is 22.1 Å². The molecule has 0 aliphatic rings. The maximum atomic E-state index is 14.6. The number of fused-ring (bicyclic) bond motifs is 2. The van der Waals surface area contributed by atoms with Gasteiger partial charge in [-0.2, -0.15) is 0 Å². The van der Waals surface area contributed by atoms with Gasteiger partial charge in [0.15, 0.2) is 5.43 Å². The zero-order valence-electron chi connectivity index (χ0n) is 24.5. The molecule has 0 amide bonds. The maximum Gasteiger partial charge on any atom is 0.316 e. The van der Waals surface area contributed by atoms with Crippen LogP contribution in [0.4, 0.5) is 5.82 Å². The van der Waals surface area contributed by atoms with Crippen LogP contribution in [0.2, 0.25) is 5.02 Å². The molecule has 10 nitrogen and oxygen atoms in total. The molecule has 226 valence electrons. The minimum absolute atomic E-state index is 0.228. The normalized spacial score (nSPS) is 11.9. The number of hydrogen-bond donors (Lipinski definition) is 2. The van der Waals surface area contributed by atoms with Gasteiger partial charge in [-0.3, -0.25) is 14.2 Å². The van der Waals surface area contributed by atoms with Crippen LogP contribution in [0.25, 0.3) is 38.6 Å². The highest BCUT2D eigenvalue weighted by molar-refractivity contribution is 6.36. The molecule has 0 aliphatic carbocycles. The summed E-state index contributed by atoms with van der Waals surface area (Å²) in [4.78, 5) is 47.7. The van der Waals surface area contributed by atoms with Crippen LogP contribution in [0.3, 0.4) is 0 Å². The van der Waals surface area contributed by atoms with E-state index in [4.69, 9.17) is 16.3 Å². The van der Waals surface area contributed by atoms with Crippen molar-refractivity contribution in [3.63, 3.8) is 0 Å². The number of ether oxygens (including phenoxy) is 1. The van der Waals surface area contributed by atoms with Crippen LogP contribution in [0.5, 0.6) is 6.01 Å². The Morgan fingerprint density at radius 3 is 2.37 bits per heavy atom. The van der Waals surface area contributed by atoms with Crippen molar-refractivity contribution < 1.29 is 4.74 Å². The summed E-state index contributed by atoms with van der Waals surface area (Å²) in [6.45, 7) is 2.20. The Bertz CT molecular complexity index is 2300. The lowest BCUT2D eigenvalue weighted by Gasteiger charge is -2.24. The highest BCUT2D eigenvalue weighted by atomic mass is 35.5. The van der Waals surface area contributed by atoms with Crippen molar-refractivity contribution in [1.29, 1.82) is 0 Å². The number of pyridine rings is 2. The summed E-state index contributed by atoms with van der Waals surface area (Å²) in [6, 6.07) is 25.6. The first-order valence-corrected chi connectivity index (χ1v) is 14.9. The summed E-state index contributed by atoms with van der Waals surface area (Å²) < 4.78 is 7.36. The number of benzene rings is 3. The molecule has 7 rings (SSSR count). The molecule has 0 unspecified atom stereocenters. The number of nitrogens with one attached hydrogen (secondary N) is 2. The van der Waals surface area contributed by atoms with Crippen LogP contribution in [-0.2, 0) is 6.61 Å². The fraction of sp³-hybridized carbons (Fsp3) is 0.0857. The second-order valence-electron chi connectivity index (χ2n) is 10.6. The Morgan fingerprint density at radius 1 is 0.870 bits per heavy atom. The van der Waals surface area contributed by atoms with Crippen LogP contribution in [0.15, 0.2) is 119 Å². The zero-order chi connectivity index (χ0) is 31.6. The first-order chi connectivity index (χ1) is 22.5. The average molecular weight is 628 g/mol. The molecule has 0 saturated carbocycles. The lowest BCUT2D eigenvalue weighted by molar-refractivity contribution is 0.281. The van der Waals surface area contributed by atoms with Crippen molar-refractivity contribution in [2.45, 2.75) is 19.6 Å². The van der Waals surface area contributed by atoms with Gasteiger partial charge in [-0.25, -0.2) is 19.9 Å². The SMILES string of the molecule is C[C@H](Nc1ncnc2[nH]ccc(=O)c12)c1c(Cl)c2cccc(-c3cnc(OCc4ccccc4)nc3)c2c(=O)n1-c1ccccc1. The summed E-state index contributed by atoms with van der Waals surface area (Å²) in [5, 5.41) is 4.97. The van der Waals surface area contributed by atoms with Gasteiger partial charge in [-0.15, -0.1) is 0 Å². The molecule has 0 saturated heterocycles. The fourth-order valence-electron chi connectivity index (χ4n) is 5.52. The molecule has 46 heavy (non-hydrogen) atoms. The Kier molecular flexibility index (Phi) is 7.69. The Hall–Kier alpha value is -5.87. The van der Waals surface area contributed by atoms with Crippen molar-refractivity contribution in [3.8, 4) is 22.8 Å². The van der Waals surface area contributed by atoms with Crippen molar-refractivity contribution in [2.24, 2.45) is 0 Å². The molecule has 7 aromatic rings. The molecule has 11 heteroatoms. The highest BCUT2D eigenvalue weighted by Crippen LogP contribution is 2.36. The van der Waals surface area contributed by atoms with Gasteiger partial charge in [0.2, 0.25) is 0 Å². The van der Waals surface area contributed by atoms with E-state index >= 15 is 0 Å². The van der Waals surface area contributed by atoms with E-state index in [0.29, 0.717) is 61.8 Å². The molecular weight excluding hydrogens is 602 g/mol. The fourth-order valence-corrected chi connectivity index (χ4v) is 5.93. The highest BCUT2D eigenvalue weighted by Gasteiger charge is 2.24. The van der Waals surface area contributed by atoms with Crippen LogP contribution < -0.4 is 21.0 Å². The third-order valence-electron chi connectivity index (χ3n) is 7.66. The predicted molar refractivity (Wildman–Crippen MR) is 179 cm³/mol. The van der Waals surface area contributed by atoms with E-state index in [0.717, 1.165) is 5.56 Å². The second-order valence-corrected chi connectivity index (χ2v) is 11.0. The number of H-pyrrole nitrogens is 1. The number of anilines is 1. The van der Waals surface area contributed by atoms with E-state index in [1.54, 1.807) is 17.0 Å². The summed E-state index contributed by atoms with van der Waals surface area (Å²) in [5.74, 6) is 0.322. The Morgan fingerprint density at radius 2 is 1.61 bits per heavy atom. The van der Waals surface area contributed by atoms with Gasteiger partial charge in [0.1, 0.15) is 29.8 Å². The van der Waals surface area contributed by atoms with E-state index in [9.17, 15) is 9.59 Å². The number of para-hydroxylation sites is 1. The molecule has 0 aliphatic heterocycles. The van der Waals surface area contributed by atoms with E-state index in [1.807, 2.05) is 85.8 Å². The lowest BCUT2D eigenvalue weighted by atomic mass is 9.99. The zero-order valence-corrected chi connectivity index (χ0v) is 25.3. The number of aromatic nitrogens is 6. The minimum Gasteiger partial charge on any atom is -0.459 e. The van der Waals surface area contributed by atoms with Crippen molar-refractivity contribution in [3.05, 3.63) is 147 Å². The monoisotopic (exact) mass is 627 g/mol. The van der Waals surface area contributed by atoms with Gasteiger partial charge >= 0.3 is 6.01 Å². The van der Waals surface area contributed by atoms with Gasteiger partial charge < -0.3 is 15.0 Å². The van der Waals surface area contributed by atoms with E-state index in [-0.39, 0.29) is 17.0 Å². The van der Waals surface area contributed by atoms with Crippen molar-refractivity contribution in [1.82, 2.24) is 29.5 Å². The van der Waals surface area contributed by atoms with Gasteiger partial charge in [0, 0.05) is 41.3 Å². The van der Waals surface area contributed by atoms with Crippen molar-refractivity contribution in [2.75, 3.05) is 5.32 Å². The largest absolute Gasteiger partial charge is 0.459 e. The molecule has 0 fully saturated rings. The van der Waals surface area contributed by atoms with Crippen LogP contribution in [0, 0.1) is 0 Å². The van der Waals surface area contributed by atoms with Crippen LogP contribution in [-0.4, -0.2) is 29.5 Å². The van der Waals surface area contributed by atoms with Gasteiger partial charge in [0.25, 0.3) is 5.56 Å². The average Bonchev–Trinajstić information content (AvgIpc) is 3.09. The topological polar surface area (TPSA) is 128 Å². The number of nitrogens with zero attached hydrogens (tertiary/aromatic N) is 5. The summed E-state index contributed by atoms with van der Waals surface area (Å²) in [7, 11) is 0. The Labute approximate surface area is 267 Å². The molecule has 3 aromatic carbocycles. The number of halogens is 1. The minimum atomic E-state index is -0.560. The van der Waals surface area contributed by atoms with Gasteiger partial charge in [-0.1, -0.05) is 78.3 Å². The number of aromatic amines is 1. The molecule has 0 radical (unpaired) electrons. The first-order valence-electron chi connectivity index (χ1n) is 14.5. The predicted octanol–water partition coefficient (Wildman–Crippen LogP) is 6.48. The second kappa shape index (κ2) is 12.3. The summed E-state index contributed by atoms with van der Waals surface area (Å²) >= 11 is 7.21. The molecular formula is C35H26ClN7O3. The first kappa shape index (κ1) is 28.9. The molecule has 4 aromatic heterocycles. The van der Waals surface area contributed by atoms with Crippen LogP contribution in [0.1, 0.15) is 24.2 Å². The third kappa shape index (κ3) is 5.35. The quantitative estimate of drug-likeness (QED) is 0.196. The standard InChI is InChI=1S/C35H26ClN7O3/c1-21(42-33-29-27(44)15-16-37-32(29)40-20-41-33)31-30(36)26-14-8-13-25(28(26)34(45)43(31)24-11-6-3-7-12-24)23-17-38-35(39-18-23)46-19-22-9-4-2-5-10-22/h2-18,20-21H,19H2,1H3,(H2,37,40,41,42,44)/t21-/m0/s1. The van der Waals surface area contributed by atoms with Gasteiger partial charge in [-0.05, 0) is 30.2 Å². The van der Waals surface area contributed by atoms with E-state index in [1.165, 1.54) is 18.6 Å². The maximum absolute atomic E-state index is 14.6. The summed E-state index contributed by atoms with van der Waals surface area (Å²) in [6.07, 6.45) is 6.17. The lowest BCUT2D eigenvalue weighted by Crippen LogP contribution is -2.27. The smallest absolute Gasteiger partial charge is 0.316 e. The molecule has 2 N–H and O–H groups in total. The number of rotatable bonds is 8. The number of hydrogen-bond acceptors (Lipinski definition) is 8.